The molecule has 2 aromatic rings. The average Bonchev–Trinajstić information content (AvgIpc) is 2.79. The van der Waals surface area contributed by atoms with Gasteiger partial charge in [0, 0.05) is 44.5 Å². The van der Waals surface area contributed by atoms with Gasteiger partial charge < -0.3 is 15.0 Å². The lowest BCUT2D eigenvalue weighted by molar-refractivity contribution is 0.0950. The number of hydrogen-bond acceptors (Lipinski definition) is 6. The van der Waals surface area contributed by atoms with Crippen LogP contribution in [-0.2, 0) is 21.3 Å². The molecule has 1 fully saturated rings. The van der Waals surface area contributed by atoms with Crippen LogP contribution in [-0.4, -0.2) is 63.0 Å². The Morgan fingerprint density at radius 2 is 1.87 bits per heavy atom. The molecule has 2 heterocycles. The van der Waals surface area contributed by atoms with Crippen LogP contribution in [0.1, 0.15) is 35.3 Å². The van der Waals surface area contributed by atoms with E-state index >= 15 is 0 Å². The number of aromatic nitrogens is 1. The summed E-state index contributed by atoms with van der Waals surface area (Å²) in [5.41, 5.74) is 1.86. The summed E-state index contributed by atoms with van der Waals surface area (Å²) < 4.78 is 32.6. The minimum Gasteiger partial charge on any atom is -0.378 e. The highest BCUT2D eigenvalue weighted by Crippen LogP contribution is 2.21. The molecule has 3 rings (SSSR count). The van der Waals surface area contributed by atoms with Gasteiger partial charge in [-0.2, -0.15) is 4.31 Å². The Morgan fingerprint density at radius 1 is 1.16 bits per heavy atom. The highest BCUT2D eigenvalue weighted by Gasteiger charge is 2.24. The zero-order chi connectivity index (χ0) is 22.4. The average molecular weight is 447 g/mol. The predicted molar refractivity (Wildman–Crippen MR) is 120 cm³/mol. The van der Waals surface area contributed by atoms with Crippen LogP contribution in [0.15, 0.2) is 41.4 Å². The van der Waals surface area contributed by atoms with Crippen molar-refractivity contribution in [3.8, 4) is 0 Å². The molecule has 0 bridgehead atoms. The van der Waals surface area contributed by atoms with Crippen LogP contribution in [0.2, 0.25) is 0 Å². The van der Waals surface area contributed by atoms with Gasteiger partial charge in [0.1, 0.15) is 5.82 Å². The van der Waals surface area contributed by atoms with Crippen molar-refractivity contribution in [1.29, 1.82) is 0 Å². The monoisotopic (exact) mass is 446 g/mol. The minimum absolute atomic E-state index is 0.169. The quantitative estimate of drug-likeness (QED) is 0.668. The van der Waals surface area contributed by atoms with Crippen LogP contribution in [0.4, 0.5) is 5.82 Å². The Kier molecular flexibility index (Phi) is 7.64. The van der Waals surface area contributed by atoms with E-state index in [9.17, 15) is 13.2 Å². The topological polar surface area (TPSA) is 91.8 Å². The van der Waals surface area contributed by atoms with Crippen molar-refractivity contribution in [2.75, 3.05) is 44.3 Å². The molecule has 8 nitrogen and oxygen atoms in total. The van der Waals surface area contributed by atoms with Crippen LogP contribution in [0.3, 0.4) is 0 Å². The number of hydrogen-bond donors (Lipinski definition) is 1. The van der Waals surface area contributed by atoms with E-state index in [1.165, 1.54) is 10.4 Å². The van der Waals surface area contributed by atoms with Gasteiger partial charge in [0.05, 0.1) is 18.1 Å². The van der Waals surface area contributed by atoms with Gasteiger partial charge in [0.15, 0.2) is 0 Å². The van der Waals surface area contributed by atoms with E-state index in [1.54, 1.807) is 39.1 Å². The van der Waals surface area contributed by atoms with Gasteiger partial charge in [-0.25, -0.2) is 13.4 Å². The highest BCUT2D eigenvalue weighted by atomic mass is 32.2. The van der Waals surface area contributed by atoms with Gasteiger partial charge in [-0.3, -0.25) is 4.79 Å². The van der Waals surface area contributed by atoms with Crippen LogP contribution in [0.5, 0.6) is 0 Å². The molecule has 31 heavy (non-hydrogen) atoms. The second-order valence-electron chi connectivity index (χ2n) is 7.37. The van der Waals surface area contributed by atoms with Gasteiger partial charge in [0.2, 0.25) is 10.0 Å². The van der Waals surface area contributed by atoms with Gasteiger partial charge in [-0.1, -0.05) is 19.9 Å². The Hall–Kier alpha value is -2.49. The van der Waals surface area contributed by atoms with Crippen molar-refractivity contribution in [2.45, 2.75) is 32.2 Å². The molecule has 0 radical (unpaired) electrons. The third-order valence-electron chi connectivity index (χ3n) is 5.37. The number of amides is 1. The predicted octanol–water partition coefficient (Wildman–Crippen LogP) is 2.19. The maximum atomic E-state index is 12.9. The first-order chi connectivity index (χ1) is 14.9. The zero-order valence-corrected chi connectivity index (χ0v) is 19.1. The van der Waals surface area contributed by atoms with E-state index in [2.05, 4.69) is 15.2 Å². The molecule has 1 N–H and O–H groups in total. The summed E-state index contributed by atoms with van der Waals surface area (Å²) in [5, 5.41) is 2.88. The number of benzene rings is 1. The fourth-order valence-electron chi connectivity index (χ4n) is 3.54. The maximum absolute atomic E-state index is 12.9. The summed E-state index contributed by atoms with van der Waals surface area (Å²) >= 11 is 0. The standard InChI is InChI=1S/C22H30N4O4S/c1-4-26(5-2)31(28,29)20-15-19(7-6-17(20)3)22(27)24-16-18-8-9-23-21(14-18)25-10-12-30-13-11-25/h6-9,14-15H,4-5,10-13,16H2,1-3H3,(H,24,27). The molecule has 0 atom stereocenters. The van der Waals surface area contributed by atoms with Crippen molar-refractivity contribution in [3.63, 3.8) is 0 Å². The number of rotatable bonds is 8. The first kappa shape index (κ1) is 23.2. The fraction of sp³-hybridized carbons (Fsp3) is 0.455. The number of aryl methyl sites for hydroxylation is 1. The number of nitrogens with zero attached hydrogens (tertiary/aromatic N) is 3. The lowest BCUT2D eigenvalue weighted by Gasteiger charge is -2.28. The third-order valence-corrected chi connectivity index (χ3v) is 7.56. The number of morpholine rings is 1. The fourth-order valence-corrected chi connectivity index (χ4v) is 5.25. The number of carbonyl (C=O) groups is 1. The molecule has 0 saturated carbocycles. The molecule has 1 saturated heterocycles. The smallest absolute Gasteiger partial charge is 0.251 e. The van der Waals surface area contributed by atoms with Crippen LogP contribution >= 0.6 is 0 Å². The molecule has 1 aromatic carbocycles. The van der Waals surface area contributed by atoms with E-state index in [0.717, 1.165) is 24.5 Å². The Labute approximate surface area is 184 Å². The summed E-state index contributed by atoms with van der Waals surface area (Å²) in [4.78, 5) is 19.5. The number of sulfonamides is 1. The van der Waals surface area contributed by atoms with Crippen molar-refractivity contribution in [1.82, 2.24) is 14.6 Å². The molecule has 9 heteroatoms. The van der Waals surface area contributed by atoms with Crippen LogP contribution in [0.25, 0.3) is 0 Å². The maximum Gasteiger partial charge on any atom is 0.251 e. The van der Waals surface area contributed by atoms with Crippen molar-refractivity contribution in [2.24, 2.45) is 0 Å². The van der Waals surface area contributed by atoms with Crippen molar-refractivity contribution >= 4 is 21.7 Å². The second kappa shape index (κ2) is 10.2. The highest BCUT2D eigenvalue weighted by molar-refractivity contribution is 7.89. The van der Waals surface area contributed by atoms with Gasteiger partial charge in [-0.15, -0.1) is 0 Å². The minimum atomic E-state index is -3.64. The Balaban J connectivity index is 1.73. The number of carbonyl (C=O) groups excluding carboxylic acids is 1. The lowest BCUT2D eigenvalue weighted by atomic mass is 10.1. The summed E-state index contributed by atoms with van der Waals surface area (Å²) in [7, 11) is -3.64. The molecule has 0 aliphatic carbocycles. The van der Waals surface area contributed by atoms with Gasteiger partial charge >= 0.3 is 0 Å². The molecule has 1 aliphatic heterocycles. The SMILES string of the molecule is CCN(CC)S(=O)(=O)c1cc(C(=O)NCc2ccnc(N3CCOCC3)c2)ccc1C. The summed E-state index contributed by atoms with van der Waals surface area (Å²) in [6.07, 6.45) is 1.73. The number of pyridine rings is 1. The first-order valence-corrected chi connectivity index (χ1v) is 12.0. The molecule has 1 aromatic heterocycles. The molecule has 0 spiro atoms. The van der Waals surface area contributed by atoms with Crippen LogP contribution in [0, 0.1) is 6.92 Å². The normalized spacial score (nSPS) is 14.6. The van der Waals surface area contributed by atoms with Gasteiger partial charge in [-0.05, 0) is 42.3 Å². The number of nitrogens with one attached hydrogen (secondary N) is 1. The Morgan fingerprint density at radius 3 is 2.55 bits per heavy atom. The van der Waals surface area contributed by atoms with E-state index in [4.69, 9.17) is 4.74 Å². The van der Waals surface area contributed by atoms with E-state index in [0.29, 0.717) is 44.0 Å². The molecule has 1 amide bonds. The van der Waals surface area contributed by atoms with E-state index < -0.39 is 10.0 Å². The zero-order valence-electron chi connectivity index (χ0n) is 18.3. The van der Waals surface area contributed by atoms with E-state index in [-0.39, 0.29) is 10.8 Å². The van der Waals surface area contributed by atoms with Crippen molar-refractivity contribution < 1.29 is 17.9 Å². The van der Waals surface area contributed by atoms with Crippen molar-refractivity contribution in [3.05, 3.63) is 53.2 Å². The molecule has 168 valence electrons. The summed E-state index contributed by atoms with van der Waals surface area (Å²) in [6, 6.07) is 8.60. The number of anilines is 1. The second-order valence-corrected chi connectivity index (χ2v) is 9.28. The van der Waals surface area contributed by atoms with Crippen LogP contribution < -0.4 is 10.2 Å². The first-order valence-electron chi connectivity index (χ1n) is 10.5. The molecule has 1 aliphatic rings. The third kappa shape index (κ3) is 5.41. The largest absolute Gasteiger partial charge is 0.378 e. The summed E-state index contributed by atoms with van der Waals surface area (Å²) in [6.45, 7) is 9.34. The summed E-state index contributed by atoms with van der Waals surface area (Å²) in [5.74, 6) is 0.540. The van der Waals surface area contributed by atoms with Gasteiger partial charge in [0.25, 0.3) is 5.91 Å². The Bertz CT molecular complexity index is 1020. The number of ether oxygens (including phenoxy) is 1. The molecular formula is C22H30N4O4S. The molecule has 0 unspecified atom stereocenters. The molecular weight excluding hydrogens is 416 g/mol. The van der Waals surface area contributed by atoms with E-state index in [1.807, 2.05) is 12.1 Å². The lowest BCUT2D eigenvalue weighted by Crippen LogP contribution is -2.36.